The molecule has 1 aromatic heterocycles. The zero-order valence-electron chi connectivity index (χ0n) is 12.9. The summed E-state index contributed by atoms with van der Waals surface area (Å²) in [5, 5.41) is 0. The second-order valence-corrected chi connectivity index (χ2v) is 6.16. The van der Waals surface area contributed by atoms with Gasteiger partial charge in [-0.15, -0.1) is 0 Å². The topological polar surface area (TPSA) is 41.4 Å². The van der Waals surface area contributed by atoms with Crippen molar-refractivity contribution in [3.8, 4) is 0 Å². The van der Waals surface area contributed by atoms with Gasteiger partial charge in [0.1, 0.15) is 5.82 Å². The molecule has 21 heavy (non-hydrogen) atoms. The van der Waals surface area contributed by atoms with Crippen molar-refractivity contribution in [3.63, 3.8) is 0 Å². The lowest BCUT2D eigenvalue weighted by molar-refractivity contribution is -0.138. The molecule has 1 saturated heterocycles. The lowest BCUT2D eigenvalue weighted by Gasteiger charge is -2.40. The Hall–Kier alpha value is -1.62. The molecule has 1 fully saturated rings. The smallest absolute Gasteiger partial charge is 0.226 e. The van der Waals surface area contributed by atoms with Gasteiger partial charge < -0.3 is 9.47 Å². The SMILES string of the molecule is CN1CCN(C(=O)[C@@H]2CC=CCC2)C[C@@H]1c1nccn1C. The van der Waals surface area contributed by atoms with E-state index in [2.05, 4.69) is 33.7 Å². The number of carbonyl (C=O) groups is 1. The van der Waals surface area contributed by atoms with Crippen molar-refractivity contribution in [3.05, 3.63) is 30.4 Å². The second-order valence-electron chi connectivity index (χ2n) is 6.16. The van der Waals surface area contributed by atoms with Gasteiger partial charge in [0.15, 0.2) is 0 Å². The second kappa shape index (κ2) is 6.02. The number of piperazine rings is 1. The van der Waals surface area contributed by atoms with Gasteiger partial charge in [0.2, 0.25) is 5.91 Å². The summed E-state index contributed by atoms with van der Waals surface area (Å²) in [6.07, 6.45) is 11.1. The van der Waals surface area contributed by atoms with Gasteiger partial charge in [-0.05, 0) is 26.3 Å². The van der Waals surface area contributed by atoms with Crippen LogP contribution >= 0.6 is 0 Å². The number of allylic oxidation sites excluding steroid dienone is 2. The van der Waals surface area contributed by atoms with Crippen LogP contribution in [0.5, 0.6) is 0 Å². The minimum Gasteiger partial charge on any atom is -0.339 e. The Morgan fingerprint density at radius 1 is 1.29 bits per heavy atom. The van der Waals surface area contributed by atoms with Crippen LogP contribution in [0.15, 0.2) is 24.5 Å². The molecular formula is C16H24N4O. The maximum atomic E-state index is 12.7. The molecule has 2 atom stereocenters. The van der Waals surface area contributed by atoms with E-state index in [1.807, 2.05) is 24.3 Å². The fraction of sp³-hybridized carbons (Fsp3) is 0.625. The van der Waals surface area contributed by atoms with E-state index in [0.29, 0.717) is 5.91 Å². The highest BCUT2D eigenvalue weighted by Crippen LogP contribution is 2.26. The fourth-order valence-electron chi connectivity index (χ4n) is 3.33. The molecule has 0 unspecified atom stereocenters. The van der Waals surface area contributed by atoms with Crippen LogP contribution in [0.1, 0.15) is 31.1 Å². The van der Waals surface area contributed by atoms with E-state index in [9.17, 15) is 4.79 Å². The van der Waals surface area contributed by atoms with Crippen molar-refractivity contribution in [2.45, 2.75) is 25.3 Å². The molecule has 1 aliphatic carbocycles. The zero-order valence-corrected chi connectivity index (χ0v) is 12.9. The Bertz CT molecular complexity index is 536. The first-order valence-corrected chi connectivity index (χ1v) is 7.78. The van der Waals surface area contributed by atoms with E-state index < -0.39 is 0 Å². The first-order chi connectivity index (χ1) is 10.2. The summed E-state index contributed by atoms with van der Waals surface area (Å²) >= 11 is 0. The maximum Gasteiger partial charge on any atom is 0.226 e. The summed E-state index contributed by atoms with van der Waals surface area (Å²) in [6.45, 7) is 2.49. The molecule has 2 aliphatic rings. The number of carbonyl (C=O) groups excluding carboxylic acids is 1. The highest BCUT2D eigenvalue weighted by Gasteiger charge is 2.33. The lowest BCUT2D eigenvalue weighted by atomic mass is 9.92. The minimum atomic E-state index is 0.181. The van der Waals surface area contributed by atoms with Gasteiger partial charge in [-0.1, -0.05) is 12.2 Å². The number of rotatable bonds is 2. The summed E-state index contributed by atoms with van der Waals surface area (Å²) in [7, 11) is 4.13. The monoisotopic (exact) mass is 288 g/mol. The Balaban J connectivity index is 1.72. The van der Waals surface area contributed by atoms with Crippen molar-refractivity contribution in [2.24, 2.45) is 13.0 Å². The molecular weight excluding hydrogens is 264 g/mol. The minimum absolute atomic E-state index is 0.181. The van der Waals surface area contributed by atoms with Gasteiger partial charge in [0, 0.05) is 45.0 Å². The molecule has 1 aromatic rings. The van der Waals surface area contributed by atoms with Gasteiger partial charge in [-0.3, -0.25) is 9.69 Å². The van der Waals surface area contributed by atoms with Crippen LogP contribution in [0, 0.1) is 5.92 Å². The van der Waals surface area contributed by atoms with E-state index in [-0.39, 0.29) is 12.0 Å². The predicted molar refractivity (Wildman–Crippen MR) is 81.6 cm³/mol. The van der Waals surface area contributed by atoms with Gasteiger partial charge in [-0.25, -0.2) is 4.98 Å². The van der Waals surface area contributed by atoms with Crippen molar-refractivity contribution in [1.82, 2.24) is 19.4 Å². The van der Waals surface area contributed by atoms with Crippen LogP contribution in [-0.4, -0.2) is 51.9 Å². The Morgan fingerprint density at radius 3 is 2.81 bits per heavy atom. The Kier molecular flexibility index (Phi) is 4.10. The average molecular weight is 288 g/mol. The predicted octanol–water partition coefficient (Wildman–Crippen LogP) is 1.59. The largest absolute Gasteiger partial charge is 0.339 e. The van der Waals surface area contributed by atoms with Crippen molar-refractivity contribution in [2.75, 3.05) is 26.7 Å². The molecule has 1 aliphatic heterocycles. The molecule has 0 spiro atoms. The number of amides is 1. The quantitative estimate of drug-likeness (QED) is 0.776. The summed E-state index contributed by atoms with van der Waals surface area (Å²) in [4.78, 5) is 21.5. The molecule has 114 valence electrons. The average Bonchev–Trinajstić information content (AvgIpc) is 2.94. The molecule has 0 bridgehead atoms. The van der Waals surface area contributed by atoms with Gasteiger partial charge in [0.25, 0.3) is 0 Å². The third kappa shape index (κ3) is 2.88. The first-order valence-electron chi connectivity index (χ1n) is 7.78. The highest BCUT2D eigenvalue weighted by atomic mass is 16.2. The third-order valence-corrected chi connectivity index (χ3v) is 4.73. The maximum absolute atomic E-state index is 12.7. The van der Waals surface area contributed by atoms with Crippen LogP contribution in [-0.2, 0) is 11.8 Å². The summed E-state index contributed by atoms with van der Waals surface area (Å²) in [6, 6.07) is 0.196. The summed E-state index contributed by atoms with van der Waals surface area (Å²) in [5.74, 6) is 1.55. The van der Waals surface area contributed by atoms with Crippen molar-refractivity contribution >= 4 is 5.91 Å². The summed E-state index contributed by atoms with van der Waals surface area (Å²) < 4.78 is 2.05. The van der Waals surface area contributed by atoms with Crippen LogP contribution in [0.3, 0.4) is 0 Å². The first kappa shape index (κ1) is 14.3. The number of hydrogen-bond acceptors (Lipinski definition) is 3. The zero-order chi connectivity index (χ0) is 14.8. The van der Waals surface area contributed by atoms with Crippen LogP contribution in [0.2, 0.25) is 0 Å². The molecule has 0 aromatic carbocycles. The van der Waals surface area contributed by atoms with Crippen LogP contribution in [0.25, 0.3) is 0 Å². The van der Waals surface area contributed by atoms with E-state index >= 15 is 0 Å². The van der Waals surface area contributed by atoms with E-state index in [0.717, 1.165) is 44.7 Å². The van der Waals surface area contributed by atoms with Gasteiger partial charge in [-0.2, -0.15) is 0 Å². The fourth-order valence-corrected chi connectivity index (χ4v) is 3.33. The number of aryl methyl sites for hydroxylation is 1. The van der Waals surface area contributed by atoms with Crippen LogP contribution in [0.4, 0.5) is 0 Å². The van der Waals surface area contributed by atoms with Crippen LogP contribution < -0.4 is 0 Å². The van der Waals surface area contributed by atoms with Gasteiger partial charge >= 0.3 is 0 Å². The third-order valence-electron chi connectivity index (χ3n) is 4.73. The molecule has 0 saturated carbocycles. The number of likely N-dealkylation sites (N-methyl/N-ethyl adjacent to an activating group) is 1. The molecule has 5 heteroatoms. The Labute approximate surface area is 126 Å². The molecule has 1 amide bonds. The van der Waals surface area contributed by atoms with E-state index in [1.54, 1.807) is 0 Å². The molecule has 5 nitrogen and oxygen atoms in total. The number of hydrogen-bond donors (Lipinski definition) is 0. The van der Waals surface area contributed by atoms with Crippen molar-refractivity contribution in [1.29, 1.82) is 0 Å². The summed E-state index contributed by atoms with van der Waals surface area (Å²) in [5.41, 5.74) is 0. The lowest BCUT2D eigenvalue weighted by Crippen LogP contribution is -2.51. The number of aromatic nitrogens is 2. The van der Waals surface area contributed by atoms with E-state index in [1.165, 1.54) is 0 Å². The number of nitrogens with zero attached hydrogens (tertiary/aromatic N) is 4. The Morgan fingerprint density at radius 2 is 2.14 bits per heavy atom. The molecule has 0 N–H and O–H groups in total. The highest BCUT2D eigenvalue weighted by molar-refractivity contribution is 5.79. The molecule has 3 rings (SSSR count). The van der Waals surface area contributed by atoms with Gasteiger partial charge in [0.05, 0.1) is 6.04 Å². The van der Waals surface area contributed by atoms with E-state index in [4.69, 9.17) is 0 Å². The normalized spacial score (nSPS) is 27.0. The standard InChI is InChI=1S/C16H24N4O/c1-18-10-11-20(16(21)13-6-4-3-5-7-13)12-14(18)15-17-8-9-19(15)2/h3-4,8-9,13-14H,5-7,10-12H2,1-2H3/t13-,14-/m1/s1. The number of imidazole rings is 1. The van der Waals surface area contributed by atoms with Crippen molar-refractivity contribution < 1.29 is 4.79 Å². The molecule has 2 heterocycles. The molecule has 0 radical (unpaired) electrons.